The topological polar surface area (TPSA) is 66.9 Å². The highest BCUT2D eigenvalue weighted by atomic mass is 16.2. The van der Waals surface area contributed by atoms with E-state index >= 15 is 0 Å². The van der Waals surface area contributed by atoms with Gasteiger partial charge in [-0.3, -0.25) is 4.79 Å². The molecule has 1 aliphatic heterocycles. The van der Waals surface area contributed by atoms with Crippen LogP contribution in [0.2, 0.25) is 0 Å². The van der Waals surface area contributed by atoms with E-state index in [1.807, 2.05) is 0 Å². The Labute approximate surface area is 74.6 Å². The molecule has 1 aromatic rings. The van der Waals surface area contributed by atoms with Gasteiger partial charge in [-0.25, -0.2) is 9.97 Å². The van der Waals surface area contributed by atoms with Crippen LogP contribution in [-0.4, -0.2) is 21.4 Å². The summed E-state index contributed by atoms with van der Waals surface area (Å²) >= 11 is 0. The summed E-state index contributed by atoms with van der Waals surface area (Å²) in [7, 11) is 0. The lowest BCUT2D eigenvalue weighted by molar-refractivity contribution is -0.117. The molecule has 1 saturated carbocycles. The fraction of sp³-hybridized carbons (Fsp3) is 0.375. The van der Waals surface area contributed by atoms with E-state index in [0.29, 0.717) is 5.69 Å². The first-order valence-corrected chi connectivity index (χ1v) is 4.20. The lowest BCUT2D eigenvalue weighted by Gasteiger charge is -2.24. The highest BCUT2D eigenvalue weighted by Crippen LogP contribution is 2.43. The minimum absolute atomic E-state index is 0.0369. The number of carbonyl (C=O) groups is 1. The predicted octanol–water partition coefficient (Wildman–Crippen LogP) is 0.373. The summed E-state index contributed by atoms with van der Waals surface area (Å²) in [5, 5.41) is 5.92. The van der Waals surface area contributed by atoms with Crippen molar-refractivity contribution in [2.45, 2.75) is 18.4 Å². The molecule has 13 heavy (non-hydrogen) atoms. The summed E-state index contributed by atoms with van der Waals surface area (Å²) in [6.07, 6.45) is 4.85. The van der Waals surface area contributed by atoms with Gasteiger partial charge >= 0.3 is 0 Å². The molecule has 0 bridgehead atoms. The normalized spacial score (nSPS) is 21.7. The number of nitrogens with one attached hydrogen (secondary N) is 2. The standard InChI is InChI=1S/C8H8N4O/c13-7-8(1-2-8)12-6-5(11-7)3-9-4-10-6/h3-4H,1-2H2,(H,11,13)(H,9,10,12). The van der Waals surface area contributed by atoms with E-state index in [1.165, 1.54) is 6.33 Å². The Balaban J connectivity index is 2.07. The SMILES string of the molecule is O=C1Nc2cncnc2NC12CC2. The van der Waals surface area contributed by atoms with Crippen LogP contribution in [-0.2, 0) is 4.79 Å². The lowest BCUT2D eigenvalue weighted by Crippen LogP contribution is -2.41. The van der Waals surface area contributed by atoms with E-state index in [4.69, 9.17) is 0 Å². The summed E-state index contributed by atoms with van der Waals surface area (Å²) in [6, 6.07) is 0. The molecule has 3 rings (SSSR count). The van der Waals surface area contributed by atoms with E-state index in [1.54, 1.807) is 6.20 Å². The molecule has 5 heteroatoms. The van der Waals surface area contributed by atoms with Crippen LogP contribution >= 0.6 is 0 Å². The number of hydrogen-bond acceptors (Lipinski definition) is 4. The zero-order valence-corrected chi connectivity index (χ0v) is 6.87. The first kappa shape index (κ1) is 6.82. The van der Waals surface area contributed by atoms with Gasteiger partial charge in [-0.05, 0) is 12.8 Å². The van der Waals surface area contributed by atoms with Crippen molar-refractivity contribution >= 4 is 17.4 Å². The third-order valence-corrected chi connectivity index (χ3v) is 2.50. The molecular formula is C8H8N4O. The van der Waals surface area contributed by atoms with Crippen LogP contribution in [0.4, 0.5) is 11.5 Å². The zero-order valence-electron chi connectivity index (χ0n) is 6.87. The molecule has 0 saturated heterocycles. The molecule has 1 fully saturated rings. The van der Waals surface area contributed by atoms with Gasteiger partial charge in [-0.2, -0.15) is 0 Å². The Morgan fingerprint density at radius 2 is 2.31 bits per heavy atom. The fourth-order valence-electron chi connectivity index (χ4n) is 1.52. The maximum atomic E-state index is 11.5. The van der Waals surface area contributed by atoms with Gasteiger partial charge < -0.3 is 10.6 Å². The van der Waals surface area contributed by atoms with Crippen molar-refractivity contribution in [1.82, 2.24) is 9.97 Å². The number of rotatable bonds is 0. The number of aromatic nitrogens is 2. The van der Waals surface area contributed by atoms with Crippen LogP contribution in [0.25, 0.3) is 0 Å². The smallest absolute Gasteiger partial charge is 0.250 e. The quantitative estimate of drug-likeness (QED) is 0.599. The van der Waals surface area contributed by atoms with Crippen LogP contribution in [0.5, 0.6) is 0 Å². The van der Waals surface area contributed by atoms with Crippen molar-refractivity contribution in [3.63, 3.8) is 0 Å². The number of amides is 1. The summed E-state index contributed by atoms with van der Waals surface area (Å²) in [6.45, 7) is 0. The molecule has 0 unspecified atom stereocenters. The van der Waals surface area contributed by atoms with Crippen LogP contribution in [0.3, 0.4) is 0 Å². The van der Waals surface area contributed by atoms with Gasteiger partial charge in [-0.15, -0.1) is 0 Å². The van der Waals surface area contributed by atoms with Crippen molar-refractivity contribution in [3.05, 3.63) is 12.5 Å². The van der Waals surface area contributed by atoms with Crippen molar-refractivity contribution < 1.29 is 4.79 Å². The second-order valence-corrected chi connectivity index (χ2v) is 3.45. The maximum absolute atomic E-state index is 11.5. The lowest BCUT2D eigenvalue weighted by atomic mass is 10.2. The Morgan fingerprint density at radius 3 is 3.08 bits per heavy atom. The second kappa shape index (κ2) is 1.99. The number of nitrogens with zero attached hydrogens (tertiary/aromatic N) is 2. The average Bonchev–Trinajstić information content (AvgIpc) is 2.88. The van der Waals surface area contributed by atoms with Crippen LogP contribution in [0.1, 0.15) is 12.8 Å². The summed E-state index contributed by atoms with van der Waals surface area (Å²) in [5.74, 6) is 0.766. The van der Waals surface area contributed by atoms with Crippen LogP contribution in [0.15, 0.2) is 12.5 Å². The Bertz CT molecular complexity index is 385. The molecule has 1 amide bonds. The van der Waals surface area contributed by atoms with E-state index < -0.39 is 0 Å². The van der Waals surface area contributed by atoms with Crippen molar-refractivity contribution in [2.24, 2.45) is 0 Å². The van der Waals surface area contributed by atoms with Crippen molar-refractivity contribution in [3.8, 4) is 0 Å². The third kappa shape index (κ3) is 0.838. The van der Waals surface area contributed by atoms with E-state index in [9.17, 15) is 4.79 Å². The fourth-order valence-corrected chi connectivity index (χ4v) is 1.52. The molecular weight excluding hydrogens is 168 g/mol. The second-order valence-electron chi connectivity index (χ2n) is 3.45. The molecule has 5 nitrogen and oxygen atoms in total. The summed E-state index contributed by atoms with van der Waals surface area (Å²) in [5.41, 5.74) is 0.312. The van der Waals surface area contributed by atoms with Crippen LogP contribution < -0.4 is 10.6 Å². The Hall–Kier alpha value is -1.65. The highest BCUT2D eigenvalue weighted by molar-refractivity contribution is 6.07. The Kier molecular flexibility index (Phi) is 1.04. The minimum atomic E-state index is -0.360. The number of carbonyl (C=O) groups excluding carboxylic acids is 1. The highest BCUT2D eigenvalue weighted by Gasteiger charge is 2.52. The van der Waals surface area contributed by atoms with E-state index in [2.05, 4.69) is 20.6 Å². The molecule has 0 atom stereocenters. The first-order chi connectivity index (χ1) is 6.30. The molecule has 2 N–H and O–H groups in total. The summed E-state index contributed by atoms with van der Waals surface area (Å²) in [4.78, 5) is 19.4. The number of anilines is 2. The number of fused-ring (bicyclic) bond motifs is 1. The van der Waals surface area contributed by atoms with Gasteiger partial charge in [0, 0.05) is 0 Å². The van der Waals surface area contributed by atoms with E-state index in [0.717, 1.165) is 18.7 Å². The molecule has 1 spiro atoms. The monoisotopic (exact) mass is 176 g/mol. The molecule has 0 aromatic carbocycles. The first-order valence-electron chi connectivity index (χ1n) is 4.20. The Morgan fingerprint density at radius 1 is 1.46 bits per heavy atom. The number of hydrogen-bond donors (Lipinski definition) is 2. The minimum Gasteiger partial charge on any atom is -0.354 e. The molecule has 1 aromatic heterocycles. The van der Waals surface area contributed by atoms with E-state index in [-0.39, 0.29) is 11.4 Å². The molecule has 2 heterocycles. The molecule has 66 valence electrons. The largest absolute Gasteiger partial charge is 0.354 e. The van der Waals surface area contributed by atoms with Gasteiger partial charge in [0.1, 0.15) is 17.6 Å². The van der Waals surface area contributed by atoms with Gasteiger partial charge in [0.2, 0.25) is 5.91 Å². The van der Waals surface area contributed by atoms with Crippen LogP contribution in [0, 0.1) is 0 Å². The third-order valence-electron chi connectivity index (χ3n) is 2.50. The average molecular weight is 176 g/mol. The van der Waals surface area contributed by atoms with Gasteiger partial charge in [0.05, 0.1) is 6.20 Å². The zero-order chi connectivity index (χ0) is 8.89. The van der Waals surface area contributed by atoms with Gasteiger partial charge in [0.25, 0.3) is 0 Å². The molecule has 1 aliphatic carbocycles. The predicted molar refractivity (Wildman–Crippen MR) is 46.2 cm³/mol. The molecule has 0 radical (unpaired) electrons. The summed E-state index contributed by atoms with van der Waals surface area (Å²) < 4.78 is 0. The maximum Gasteiger partial charge on any atom is 0.250 e. The van der Waals surface area contributed by atoms with Gasteiger partial charge in [0.15, 0.2) is 5.82 Å². The van der Waals surface area contributed by atoms with Crippen molar-refractivity contribution in [2.75, 3.05) is 10.6 Å². The molecule has 2 aliphatic rings. The van der Waals surface area contributed by atoms with Gasteiger partial charge in [-0.1, -0.05) is 0 Å². The van der Waals surface area contributed by atoms with Crippen molar-refractivity contribution in [1.29, 1.82) is 0 Å².